The van der Waals surface area contributed by atoms with Crippen molar-refractivity contribution in [3.8, 4) is 5.75 Å². The number of aliphatic carboxylic acids is 1. The molecule has 5 nitrogen and oxygen atoms in total. The molecular formula is C15H16BrNO4. The lowest BCUT2D eigenvalue weighted by Gasteiger charge is -2.18. The number of amides is 1. The average molecular weight is 354 g/mol. The van der Waals surface area contributed by atoms with E-state index in [9.17, 15) is 9.59 Å². The Hall–Kier alpha value is -1.82. The Morgan fingerprint density at radius 3 is 2.57 bits per heavy atom. The fourth-order valence-corrected chi connectivity index (χ4v) is 2.32. The lowest BCUT2D eigenvalue weighted by molar-refractivity contribution is -0.140. The SMILES string of the molecule is CC(Oc1ccc(Br)cc1)C(=O)NC1C=CC(C(=O)O)C1. The van der Waals surface area contributed by atoms with Crippen molar-refractivity contribution in [3.05, 3.63) is 40.9 Å². The van der Waals surface area contributed by atoms with Crippen molar-refractivity contribution in [3.63, 3.8) is 0 Å². The molecule has 2 N–H and O–H groups in total. The summed E-state index contributed by atoms with van der Waals surface area (Å²) in [5, 5.41) is 11.7. The van der Waals surface area contributed by atoms with E-state index >= 15 is 0 Å². The van der Waals surface area contributed by atoms with Crippen LogP contribution in [0.3, 0.4) is 0 Å². The van der Waals surface area contributed by atoms with E-state index in [1.54, 1.807) is 31.2 Å². The lowest BCUT2D eigenvalue weighted by atomic mass is 10.1. The number of nitrogens with one attached hydrogen (secondary N) is 1. The van der Waals surface area contributed by atoms with Gasteiger partial charge in [0.25, 0.3) is 5.91 Å². The number of carbonyl (C=O) groups excluding carboxylic acids is 1. The molecule has 112 valence electrons. The molecule has 0 fully saturated rings. The summed E-state index contributed by atoms with van der Waals surface area (Å²) in [6.07, 6.45) is 3.05. The molecule has 0 spiro atoms. The number of carboxylic acid groups (broad SMARTS) is 1. The Balaban J connectivity index is 1.85. The van der Waals surface area contributed by atoms with Gasteiger partial charge in [0.05, 0.1) is 5.92 Å². The van der Waals surface area contributed by atoms with Crippen molar-refractivity contribution >= 4 is 27.8 Å². The first-order valence-corrected chi connectivity index (χ1v) is 7.38. The van der Waals surface area contributed by atoms with Gasteiger partial charge in [0.1, 0.15) is 5.75 Å². The van der Waals surface area contributed by atoms with E-state index in [1.165, 1.54) is 0 Å². The van der Waals surface area contributed by atoms with Gasteiger partial charge in [0.15, 0.2) is 6.10 Å². The first-order chi connectivity index (χ1) is 9.95. The summed E-state index contributed by atoms with van der Waals surface area (Å²) in [5.74, 6) is -1.06. The van der Waals surface area contributed by atoms with E-state index in [1.807, 2.05) is 12.1 Å². The van der Waals surface area contributed by atoms with Crippen molar-refractivity contribution in [2.24, 2.45) is 5.92 Å². The molecule has 0 saturated heterocycles. The van der Waals surface area contributed by atoms with Crippen LogP contribution in [0.5, 0.6) is 5.75 Å². The normalized spacial score (nSPS) is 21.8. The molecule has 1 aliphatic rings. The van der Waals surface area contributed by atoms with E-state index < -0.39 is 18.0 Å². The van der Waals surface area contributed by atoms with Gasteiger partial charge < -0.3 is 15.2 Å². The van der Waals surface area contributed by atoms with Crippen LogP contribution in [-0.2, 0) is 9.59 Å². The van der Waals surface area contributed by atoms with Gasteiger partial charge in [-0.1, -0.05) is 28.1 Å². The van der Waals surface area contributed by atoms with Crippen LogP contribution in [0.15, 0.2) is 40.9 Å². The molecule has 2 rings (SSSR count). The Kier molecular flexibility index (Phi) is 5.01. The zero-order valence-corrected chi connectivity index (χ0v) is 13.0. The maximum absolute atomic E-state index is 12.0. The van der Waals surface area contributed by atoms with E-state index in [0.717, 1.165) is 4.47 Å². The minimum Gasteiger partial charge on any atom is -0.481 e. The summed E-state index contributed by atoms with van der Waals surface area (Å²) in [6.45, 7) is 1.66. The van der Waals surface area contributed by atoms with Crippen LogP contribution < -0.4 is 10.1 Å². The molecule has 0 aliphatic heterocycles. The molecule has 1 amide bonds. The summed E-state index contributed by atoms with van der Waals surface area (Å²) in [7, 11) is 0. The molecule has 1 aromatic rings. The van der Waals surface area contributed by atoms with E-state index in [4.69, 9.17) is 9.84 Å². The van der Waals surface area contributed by atoms with E-state index in [-0.39, 0.29) is 11.9 Å². The van der Waals surface area contributed by atoms with Gasteiger partial charge in [-0.2, -0.15) is 0 Å². The van der Waals surface area contributed by atoms with Crippen LogP contribution in [0.2, 0.25) is 0 Å². The molecule has 1 aliphatic carbocycles. The van der Waals surface area contributed by atoms with Crippen LogP contribution >= 0.6 is 15.9 Å². The van der Waals surface area contributed by atoms with E-state index in [0.29, 0.717) is 12.2 Å². The molecule has 0 heterocycles. The summed E-state index contributed by atoms with van der Waals surface area (Å²) in [5.41, 5.74) is 0. The summed E-state index contributed by atoms with van der Waals surface area (Å²) in [6, 6.07) is 6.94. The second-order valence-electron chi connectivity index (χ2n) is 4.89. The number of halogens is 1. The third-order valence-corrected chi connectivity index (χ3v) is 3.75. The van der Waals surface area contributed by atoms with Crippen molar-refractivity contribution < 1.29 is 19.4 Å². The van der Waals surface area contributed by atoms with Crippen molar-refractivity contribution in [1.29, 1.82) is 0 Å². The molecular weight excluding hydrogens is 338 g/mol. The molecule has 0 saturated carbocycles. The first-order valence-electron chi connectivity index (χ1n) is 6.59. The van der Waals surface area contributed by atoms with Crippen LogP contribution in [0, 0.1) is 5.92 Å². The van der Waals surface area contributed by atoms with Gasteiger partial charge in [-0.05, 0) is 37.6 Å². The lowest BCUT2D eigenvalue weighted by Crippen LogP contribution is -2.41. The molecule has 1 aromatic carbocycles. The summed E-state index contributed by atoms with van der Waals surface area (Å²) in [4.78, 5) is 22.9. The Bertz CT molecular complexity index is 555. The number of ether oxygens (including phenoxy) is 1. The molecule has 3 unspecified atom stereocenters. The minimum atomic E-state index is -0.873. The van der Waals surface area contributed by atoms with Gasteiger partial charge in [0, 0.05) is 10.5 Å². The molecule has 6 heteroatoms. The molecule has 0 radical (unpaired) electrons. The maximum atomic E-state index is 12.0. The van der Waals surface area contributed by atoms with Crippen LogP contribution in [0.25, 0.3) is 0 Å². The Labute approximate surface area is 131 Å². The number of hydrogen-bond donors (Lipinski definition) is 2. The predicted octanol–water partition coefficient (Wildman–Crippen LogP) is 2.36. The average Bonchev–Trinajstić information content (AvgIpc) is 2.90. The fraction of sp³-hybridized carbons (Fsp3) is 0.333. The molecule has 0 bridgehead atoms. The van der Waals surface area contributed by atoms with Gasteiger partial charge in [-0.15, -0.1) is 0 Å². The number of benzene rings is 1. The third-order valence-electron chi connectivity index (χ3n) is 3.22. The van der Waals surface area contributed by atoms with Gasteiger partial charge in [-0.3, -0.25) is 9.59 Å². The van der Waals surface area contributed by atoms with Crippen molar-refractivity contribution in [1.82, 2.24) is 5.32 Å². The zero-order chi connectivity index (χ0) is 15.4. The van der Waals surface area contributed by atoms with E-state index in [2.05, 4.69) is 21.2 Å². The maximum Gasteiger partial charge on any atom is 0.310 e. The third kappa shape index (κ3) is 4.32. The summed E-state index contributed by atoms with van der Waals surface area (Å²) >= 11 is 3.33. The Morgan fingerprint density at radius 2 is 2.00 bits per heavy atom. The topological polar surface area (TPSA) is 75.6 Å². The number of carbonyl (C=O) groups is 2. The second kappa shape index (κ2) is 6.76. The largest absolute Gasteiger partial charge is 0.481 e. The highest BCUT2D eigenvalue weighted by atomic mass is 79.9. The zero-order valence-electron chi connectivity index (χ0n) is 11.5. The first kappa shape index (κ1) is 15.6. The van der Waals surface area contributed by atoms with Crippen LogP contribution in [0.4, 0.5) is 0 Å². The molecule has 21 heavy (non-hydrogen) atoms. The molecule has 0 aromatic heterocycles. The van der Waals surface area contributed by atoms with Crippen LogP contribution in [-0.4, -0.2) is 29.1 Å². The Morgan fingerprint density at radius 1 is 1.33 bits per heavy atom. The van der Waals surface area contributed by atoms with Crippen LogP contribution in [0.1, 0.15) is 13.3 Å². The fourth-order valence-electron chi connectivity index (χ4n) is 2.06. The smallest absolute Gasteiger partial charge is 0.310 e. The van der Waals surface area contributed by atoms with Gasteiger partial charge in [-0.25, -0.2) is 0 Å². The highest BCUT2D eigenvalue weighted by Crippen LogP contribution is 2.19. The number of rotatable bonds is 5. The quantitative estimate of drug-likeness (QED) is 0.796. The monoisotopic (exact) mass is 353 g/mol. The standard InChI is InChI=1S/C15H16BrNO4/c1-9(21-13-6-3-11(16)4-7-13)14(18)17-12-5-2-10(8-12)15(19)20/h2-7,9-10,12H,8H2,1H3,(H,17,18)(H,19,20). The highest BCUT2D eigenvalue weighted by molar-refractivity contribution is 9.10. The predicted molar refractivity (Wildman–Crippen MR) is 81.0 cm³/mol. The van der Waals surface area contributed by atoms with Crippen molar-refractivity contribution in [2.45, 2.75) is 25.5 Å². The number of hydrogen-bond acceptors (Lipinski definition) is 3. The molecule has 3 atom stereocenters. The number of carboxylic acids is 1. The summed E-state index contributed by atoms with van der Waals surface area (Å²) < 4.78 is 6.48. The second-order valence-corrected chi connectivity index (χ2v) is 5.81. The minimum absolute atomic E-state index is 0.255. The van der Waals surface area contributed by atoms with Gasteiger partial charge in [0.2, 0.25) is 0 Å². The van der Waals surface area contributed by atoms with Crippen molar-refractivity contribution in [2.75, 3.05) is 0 Å². The highest BCUT2D eigenvalue weighted by Gasteiger charge is 2.27. The van der Waals surface area contributed by atoms with Gasteiger partial charge >= 0.3 is 5.97 Å².